The fourth-order valence-electron chi connectivity index (χ4n) is 1.82. The van der Waals surface area contributed by atoms with Gasteiger partial charge in [0.05, 0.1) is 0 Å². The molecule has 2 aromatic rings. The van der Waals surface area contributed by atoms with Crippen molar-refractivity contribution >= 4 is 17.4 Å². The fourth-order valence-corrected chi connectivity index (χ4v) is 2.00. The summed E-state index contributed by atoms with van der Waals surface area (Å²) in [5.41, 5.74) is 3.84. The summed E-state index contributed by atoms with van der Waals surface area (Å²) in [6, 6.07) is 9.01. The molecule has 0 saturated heterocycles. The molecule has 0 N–H and O–H groups in total. The number of aryl methyl sites for hydroxylation is 3. The first kappa shape index (κ1) is 12.8. The lowest BCUT2D eigenvalue weighted by molar-refractivity contribution is 0.103. The molecule has 3 heteroatoms. The third kappa shape index (κ3) is 2.44. The molecule has 0 unspecified atom stereocenters. The molecule has 1 aromatic heterocycles. The van der Waals surface area contributed by atoms with Gasteiger partial charge in [0.25, 0.3) is 0 Å². The third-order valence-electron chi connectivity index (χ3n) is 2.90. The van der Waals surface area contributed by atoms with E-state index in [1.807, 2.05) is 39.0 Å². The average Bonchev–Trinajstić information content (AvgIpc) is 2.32. The molecule has 0 radical (unpaired) electrons. The highest BCUT2D eigenvalue weighted by Gasteiger charge is 2.13. The minimum Gasteiger partial charge on any atom is -0.289 e. The smallest absolute Gasteiger partial charge is 0.194 e. The minimum atomic E-state index is -0.0399. The SMILES string of the molecule is Cc1ccc(C(=O)c2ccc(C)c(Cl)c2)c(C)n1. The van der Waals surface area contributed by atoms with Crippen LogP contribution in [0.25, 0.3) is 0 Å². The Morgan fingerprint density at radius 1 is 1.11 bits per heavy atom. The van der Waals surface area contributed by atoms with E-state index >= 15 is 0 Å². The number of halogens is 1. The van der Waals surface area contributed by atoms with E-state index in [0.29, 0.717) is 16.1 Å². The van der Waals surface area contributed by atoms with Gasteiger partial charge in [0, 0.05) is 27.5 Å². The van der Waals surface area contributed by atoms with E-state index in [0.717, 1.165) is 17.0 Å². The van der Waals surface area contributed by atoms with Crippen LogP contribution in [0.1, 0.15) is 32.9 Å². The lowest BCUT2D eigenvalue weighted by atomic mass is 10.0. The molecule has 2 nitrogen and oxygen atoms in total. The molecule has 0 saturated carbocycles. The summed E-state index contributed by atoms with van der Waals surface area (Å²) >= 11 is 6.04. The highest BCUT2D eigenvalue weighted by Crippen LogP contribution is 2.20. The Bertz CT molecular complexity index is 620. The summed E-state index contributed by atoms with van der Waals surface area (Å²) in [5.74, 6) is -0.0399. The van der Waals surface area contributed by atoms with Crippen LogP contribution in [0.4, 0.5) is 0 Å². The van der Waals surface area contributed by atoms with E-state index in [9.17, 15) is 4.79 Å². The van der Waals surface area contributed by atoms with E-state index in [1.54, 1.807) is 12.1 Å². The first-order valence-corrected chi connectivity index (χ1v) is 6.12. The maximum absolute atomic E-state index is 12.3. The molecule has 1 aromatic carbocycles. The van der Waals surface area contributed by atoms with Crippen LogP contribution in [-0.4, -0.2) is 10.8 Å². The Morgan fingerprint density at radius 2 is 1.83 bits per heavy atom. The van der Waals surface area contributed by atoms with Crippen molar-refractivity contribution in [3.05, 3.63) is 63.4 Å². The molecular weight excluding hydrogens is 246 g/mol. The van der Waals surface area contributed by atoms with Crippen molar-refractivity contribution in [1.29, 1.82) is 0 Å². The van der Waals surface area contributed by atoms with Crippen molar-refractivity contribution < 1.29 is 4.79 Å². The monoisotopic (exact) mass is 259 g/mol. The Hall–Kier alpha value is -1.67. The number of hydrogen-bond acceptors (Lipinski definition) is 2. The van der Waals surface area contributed by atoms with E-state index in [2.05, 4.69) is 4.98 Å². The Morgan fingerprint density at radius 3 is 2.44 bits per heavy atom. The molecule has 0 aliphatic rings. The second-order valence-corrected chi connectivity index (χ2v) is 4.79. The van der Waals surface area contributed by atoms with E-state index < -0.39 is 0 Å². The highest BCUT2D eigenvalue weighted by atomic mass is 35.5. The standard InChI is InChI=1S/C15H14ClNO/c1-9-4-6-12(8-14(9)16)15(18)13-7-5-10(2)17-11(13)3/h4-8H,1-3H3. The van der Waals surface area contributed by atoms with Crippen molar-refractivity contribution in [3.63, 3.8) is 0 Å². The summed E-state index contributed by atoms with van der Waals surface area (Å²) in [6.07, 6.45) is 0. The van der Waals surface area contributed by atoms with Crippen LogP contribution in [0.15, 0.2) is 30.3 Å². The third-order valence-corrected chi connectivity index (χ3v) is 3.31. The summed E-state index contributed by atoms with van der Waals surface area (Å²) in [4.78, 5) is 16.6. The Kier molecular flexibility index (Phi) is 3.48. The number of aromatic nitrogens is 1. The largest absolute Gasteiger partial charge is 0.289 e. The predicted octanol–water partition coefficient (Wildman–Crippen LogP) is 3.89. The summed E-state index contributed by atoms with van der Waals surface area (Å²) in [7, 11) is 0. The van der Waals surface area contributed by atoms with Gasteiger partial charge in [0.1, 0.15) is 0 Å². The van der Waals surface area contributed by atoms with Gasteiger partial charge in [-0.05, 0) is 44.5 Å². The summed E-state index contributed by atoms with van der Waals surface area (Å²) in [5, 5.41) is 0.610. The summed E-state index contributed by atoms with van der Waals surface area (Å²) in [6.45, 7) is 5.66. The number of carbonyl (C=O) groups excluding carboxylic acids is 1. The van der Waals surface area contributed by atoms with Crippen LogP contribution in [0, 0.1) is 20.8 Å². The lowest BCUT2D eigenvalue weighted by Gasteiger charge is -2.06. The number of nitrogens with zero attached hydrogens (tertiary/aromatic N) is 1. The molecule has 1 heterocycles. The zero-order chi connectivity index (χ0) is 13.3. The zero-order valence-electron chi connectivity index (χ0n) is 10.6. The van der Waals surface area contributed by atoms with Gasteiger partial charge in [0.15, 0.2) is 5.78 Å². The van der Waals surface area contributed by atoms with Crippen molar-refractivity contribution in [1.82, 2.24) is 4.98 Å². The van der Waals surface area contributed by atoms with Crippen LogP contribution < -0.4 is 0 Å². The minimum absolute atomic E-state index is 0.0399. The molecule has 18 heavy (non-hydrogen) atoms. The molecule has 0 fully saturated rings. The molecule has 0 atom stereocenters. The number of pyridine rings is 1. The Balaban J connectivity index is 2.44. The van der Waals surface area contributed by atoms with Crippen molar-refractivity contribution in [3.8, 4) is 0 Å². The average molecular weight is 260 g/mol. The Labute approximate surface area is 112 Å². The molecule has 0 aliphatic heterocycles. The number of benzene rings is 1. The molecular formula is C15H14ClNO. The van der Waals surface area contributed by atoms with Crippen molar-refractivity contribution in [2.75, 3.05) is 0 Å². The van der Waals surface area contributed by atoms with Crippen LogP contribution in [0.2, 0.25) is 5.02 Å². The first-order chi connectivity index (χ1) is 8.49. The van der Waals surface area contributed by atoms with E-state index in [1.165, 1.54) is 0 Å². The molecule has 0 spiro atoms. The van der Waals surface area contributed by atoms with Crippen LogP contribution in [0.5, 0.6) is 0 Å². The number of ketones is 1. The molecule has 92 valence electrons. The van der Waals surface area contributed by atoms with Gasteiger partial charge in [-0.1, -0.05) is 23.7 Å². The second kappa shape index (κ2) is 4.91. The number of rotatable bonds is 2. The van der Waals surface area contributed by atoms with Gasteiger partial charge >= 0.3 is 0 Å². The summed E-state index contributed by atoms with van der Waals surface area (Å²) < 4.78 is 0. The second-order valence-electron chi connectivity index (χ2n) is 4.38. The first-order valence-electron chi connectivity index (χ1n) is 5.74. The van der Waals surface area contributed by atoms with Crippen LogP contribution >= 0.6 is 11.6 Å². The molecule has 2 rings (SSSR count). The van der Waals surface area contributed by atoms with Gasteiger partial charge in [-0.3, -0.25) is 9.78 Å². The quantitative estimate of drug-likeness (QED) is 0.766. The fraction of sp³-hybridized carbons (Fsp3) is 0.200. The maximum Gasteiger partial charge on any atom is 0.194 e. The van der Waals surface area contributed by atoms with E-state index in [-0.39, 0.29) is 5.78 Å². The highest BCUT2D eigenvalue weighted by molar-refractivity contribution is 6.31. The van der Waals surface area contributed by atoms with Gasteiger partial charge in [-0.25, -0.2) is 0 Å². The molecule has 0 amide bonds. The lowest BCUT2D eigenvalue weighted by Crippen LogP contribution is -2.05. The molecule has 0 bridgehead atoms. The van der Waals surface area contributed by atoms with E-state index in [4.69, 9.17) is 11.6 Å². The molecule has 0 aliphatic carbocycles. The van der Waals surface area contributed by atoms with Crippen molar-refractivity contribution in [2.45, 2.75) is 20.8 Å². The topological polar surface area (TPSA) is 30.0 Å². The van der Waals surface area contributed by atoms with Gasteiger partial charge in [-0.2, -0.15) is 0 Å². The van der Waals surface area contributed by atoms with Crippen LogP contribution in [-0.2, 0) is 0 Å². The maximum atomic E-state index is 12.3. The predicted molar refractivity (Wildman–Crippen MR) is 73.3 cm³/mol. The normalized spacial score (nSPS) is 10.4. The van der Waals surface area contributed by atoms with Gasteiger partial charge in [0.2, 0.25) is 0 Å². The zero-order valence-corrected chi connectivity index (χ0v) is 11.4. The van der Waals surface area contributed by atoms with Gasteiger partial charge in [-0.15, -0.1) is 0 Å². The number of hydrogen-bond donors (Lipinski definition) is 0. The van der Waals surface area contributed by atoms with Crippen molar-refractivity contribution in [2.24, 2.45) is 0 Å². The van der Waals surface area contributed by atoms with Gasteiger partial charge < -0.3 is 0 Å². The number of carbonyl (C=O) groups is 1. The van der Waals surface area contributed by atoms with Crippen LogP contribution in [0.3, 0.4) is 0 Å².